The summed E-state index contributed by atoms with van der Waals surface area (Å²) in [6.07, 6.45) is 0. The lowest BCUT2D eigenvalue weighted by Crippen LogP contribution is -1.98. The highest BCUT2D eigenvalue weighted by atomic mass is 35.5. The van der Waals surface area contributed by atoms with Crippen molar-refractivity contribution >= 4 is 16.8 Å². The van der Waals surface area contributed by atoms with Crippen molar-refractivity contribution in [2.45, 2.75) is 27.7 Å². The van der Waals surface area contributed by atoms with Crippen LogP contribution in [0.2, 0.25) is 0 Å². The first kappa shape index (κ1) is 14.6. The minimum absolute atomic E-state index is 0.318. The zero-order chi connectivity index (χ0) is 14.9. The van der Waals surface area contributed by atoms with E-state index >= 15 is 0 Å². The molecule has 20 heavy (non-hydrogen) atoms. The molecule has 0 radical (unpaired) electrons. The summed E-state index contributed by atoms with van der Waals surface area (Å²) in [4.78, 5) is 11.5. The van der Waals surface area contributed by atoms with Crippen molar-refractivity contribution in [1.82, 2.24) is 5.16 Å². The van der Waals surface area contributed by atoms with Crippen molar-refractivity contribution in [3.8, 4) is 17.0 Å². The van der Waals surface area contributed by atoms with Crippen LogP contribution < -0.4 is 4.74 Å². The molecule has 0 aliphatic rings. The number of carbonyl (C=O) groups excluding carboxylic acids is 1. The van der Waals surface area contributed by atoms with E-state index in [1.54, 1.807) is 6.92 Å². The lowest BCUT2D eigenvalue weighted by molar-refractivity contribution is 0.108. The Morgan fingerprint density at radius 1 is 1.30 bits per heavy atom. The van der Waals surface area contributed by atoms with Crippen molar-refractivity contribution in [2.24, 2.45) is 0 Å². The average Bonchev–Trinajstić information content (AvgIpc) is 2.75. The lowest BCUT2D eigenvalue weighted by Gasteiger charge is -2.11. The van der Waals surface area contributed by atoms with Crippen LogP contribution in [0.1, 0.15) is 34.2 Å². The monoisotopic (exact) mass is 293 g/mol. The quantitative estimate of drug-likeness (QED) is 0.798. The van der Waals surface area contributed by atoms with Crippen molar-refractivity contribution in [3.05, 3.63) is 34.6 Å². The second kappa shape index (κ2) is 5.67. The van der Waals surface area contributed by atoms with Gasteiger partial charge in [0, 0.05) is 5.56 Å². The molecule has 1 aromatic heterocycles. The summed E-state index contributed by atoms with van der Waals surface area (Å²) in [6, 6.07) is 3.86. The van der Waals surface area contributed by atoms with Crippen molar-refractivity contribution in [1.29, 1.82) is 0 Å². The van der Waals surface area contributed by atoms with E-state index in [2.05, 4.69) is 5.16 Å². The van der Waals surface area contributed by atoms with Gasteiger partial charge in [-0.25, -0.2) is 0 Å². The number of carbonyl (C=O) groups is 1. The fraction of sp³-hybridized carbons (Fsp3) is 0.333. The molecule has 2 aromatic rings. The molecule has 0 amide bonds. The minimum Gasteiger partial charge on any atom is -0.494 e. The van der Waals surface area contributed by atoms with E-state index in [0.29, 0.717) is 23.6 Å². The number of benzene rings is 1. The predicted octanol–water partition coefficient (Wildman–Crippen LogP) is 4.04. The first-order valence-corrected chi connectivity index (χ1v) is 6.74. The van der Waals surface area contributed by atoms with E-state index in [9.17, 15) is 4.79 Å². The summed E-state index contributed by atoms with van der Waals surface area (Å²) in [7, 11) is 0. The maximum atomic E-state index is 11.5. The maximum Gasteiger partial charge on any atom is 0.258 e. The summed E-state index contributed by atoms with van der Waals surface area (Å²) >= 11 is 5.61. The first-order valence-electron chi connectivity index (χ1n) is 6.36. The van der Waals surface area contributed by atoms with E-state index in [4.69, 9.17) is 20.9 Å². The van der Waals surface area contributed by atoms with Crippen LogP contribution in [0.3, 0.4) is 0 Å². The molecule has 1 aromatic carbocycles. The molecular weight excluding hydrogens is 278 g/mol. The predicted molar refractivity (Wildman–Crippen MR) is 77.5 cm³/mol. The summed E-state index contributed by atoms with van der Waals surface area (Å²) in [6.45, 7) is 8.10. The van der Waals surface area contributed by atoms with Gasteiger partial charge in [0.1, 0.15) is 22.8 Å². The Hall–Kier alpha value is -1.81. The summed E-state index contributed by atoms with van der Waals surface area (Å²) in [5, 5.41) is 3.40. The van der Waals surface area contributed by atoms with Crippen LogP contribution in [0.25, 0.3) is 11.3 Å². The maximum absolute atomic E-state index is 11.5. The Morgan fingerprint density at radius 2 is 2.00 bits per heavy atom. The molecule has 0 N–H and O–H groups in total. The SMILES string of the molecule is CCOc1cc(C)c(-c2noc(C)c2C(=O)Cl)cc1C. The molecule has 0 spiro atoms. The zero-order valence-electron chi connectivity index (χ0n) is 11.9. The van der Waals surface area contributed by atoms with Crippen LogP contribution in [0.4, 0.5) is 0 Å². The van der Waals surface area contributed by atoms with Crippen molar-refractivity contribution in [2.75, 3.05) is 6.61 Å². The number of nitrogens with zero attached hydrogens (tertiary/aromatic N) is 1. The van der Waals surface area contributed by atoms with Gasteiger partial charge in [0.05, 0.1) is 6.61 Å². The van der Waals surface area contributed by atoms with Crippen LogP contribution >= 0.6 is 11.6 Å². The topological polar surface area (TPSA) is 52.3 Å². The van der Waals surface area contributed by atoms with E-state index in [0.717, 1.165) is 22.4 Å². The van der Waals surface area contributed by atoms with E-state index in [-0.39, 0.29) is 0 Å². The third kappa shape index (κ3) is 2.56. The second-order valence-electron chi connectivity index (χ2n) is 4.60. The number of hydrogen-bond acceptors (Lipinski definition) is 4. The highest BCUT2D eigenvalue weighted by Crippen LogP contribution is 2.33. The Morgan fingerprint density at radius 3 is 2.60 bits per heavy atom. The van der Waals surface area contributed by atoms with Crippen molar-refractivity contribution in [3.63, 3.8) is 0 Å². The Bertz CT molecular complexity index is 661. The van der Waals surface area contributed by atoms with E-state index in [1.807, 2.05) is 32.9 Å². The fourth-order valence-corrected chi connectivity index (χ4v) is 2.37. The van der Waals surface area contributed by atoms with Gasteiger partial charge in [0.15, 0.2) is 0 Å². The van der Waals surface area contributed by atoms with E-state index < -0.39 is 5.24 Å². The third-order valence-corrected chi connectivity index (χ3v) is 3.33. The molecule has 0 unspecified atom stereocenters. The van der Waals surface area contributed by atoms with Crippen LogP contribution in [-0.2, 0) is 0 Å². The molecule has 5 heteroatoms. The summed E-state index contributed by atoms with van der Waals surface area (Å²) in [5.41, 5.74) is 3.55. The molecule has 0 atom stereocenters. The first-order chi connectivity index (χ1) is 9.45. The van der Waals surface area contributed by atoms with Gasteiger partial charge in [0.25, 0.3) is 5.24 Å². The van der Waals surface area contributed by atoms with Gasteiger partial charge in [-0.2, -0.15) is 0 Å². The Kier molecular flexibility index (Phi) is 4.14. The molecule has 0 fully saturated rings. The molecule has 0 saturated carbocycles. The standard InChI is InChI=1S/C15H16ClNO3/c1-5-19-12-7-8(2)11(6-9(12)3)14-13(15(16)18)10(4)20-17-14/h6-7H,5H2,1-4H3. The molecule has 0 aliphatic heterocycles. The Labute approximate surface area is 122 Å². The van der Waals surface area contributed by atoms with Gasteiger partial charge in [-0.05, 0) is 62.6 Å². The molecule has 4 nitrogen and oxygen atoms in total. The highest BCUT2D eigenvalue weighted by Gasteiger charge is 2.22. The second-order valence-corrected chi connectivity index (χ2v) is 4.94. The van der Waals surface area contributed by atoms with Crippen LogP contribution in [0, 0.1) is 20.8 Å². The molecule has 2 rings (SSSR count). The van der Waals surface area contributed by atoms with Crippen LogP contribution in [-0.4, -0.2) is 17.0 Å². The van der Waals surface area contributed by atoms with Gasteiger partial charge < -0.3 is 9.26 Å². The molecule has 106 valence electrons. The lowest BCUT2D eigenvalue weighted by atomic mass is 9.99. The zero-order valence-corrected chi connectivity index (χ0v) is 12.7. The number of halogens is 1. The normalized spacial score (nSPS) is 10.7. The van der Waals surface area contributed by atoms with Gasteiger partial charge in [-0.1, -0.05) is 5.16 Å². The number of rotatable bonds is 4. The fourth-order valence-electron chi connectivity index (χ4n) is 2.14. The molecule has 1 heterocycles. The molecular formula is C15H16ClNO3. The number of ether oxygens (including phenoxy) is 1. The van der Waals surface area contributed by atoms with Crippen LogP contribution in [0.5, 0.6) is 5.75 Å². The smallest absolute Gasteiger partial charge is 0.258 e. The number of hydrogen-bond donors (Lipinski definition) is 0. The highest BCUT2D eigenvalue weighted by molar-refractivity contribution is 6.68. The van der Waals surface area contributed by atoms with E-state index in [1.165, 1.54) is 0 Å². The summed E-state index contributed by atoms with van der Waals surface area (Å²) < 4.78 is 10.7. The average molecular weight is 294 g/mol. The van der Waals surface area contributed by atoms with Gasteiger partial charge in [-0.15, -0.1) is 0 Å². The number of aromatic nitrogens is 1. The van der Waals surface area contributed by atoms with Crippen LogP contribution in [0.15, 0.2) is 16.7 Å². The third-order valence-electron chi connectivity index (χ3n) is 3.14. The van der Waals surface area contributed by atoms with Gasteiger partial charge in [0.2, 0.25) is 0 Å². The van der Waals surface area contributed by atoms with Gasteiger partial charge in [-0.3, -0.25) is 4.79 Å². The largest absolute Gasteiger partial charge is 0.494 e. The molecule has 0 bridgehead atoms. The Balaban J connectivity index is 2.59. The van der Waals surface area contributed by atoms with Crippen molar-refractivity contribution < 1.29 is 14.1 Å². The summed E-state index contributed by atoms with van der Waals surface area (Å²) in [5.74, 6) is 1.25. The van der Waals surface area contributed by atoms with Gasteiger partial charge >= 0.3 is 0 Å². The molecule has 0 saturated heterocycles. The number of aryl methyl sites for hydroxylation is 3. The minimum atomic E-state index is -0.565. The molecule has 0 aliphatic carbocycles.